The lowest BCUT2D eigenvalue weighted by atomic mass is 10.1. The van der Waals surface area contributed by atoms with Crippen LogP contribution in [-0.2, 0) is 4.79 Å². The van der Waals surface area contributed by atoms with Crippen LogP contribution in [0.3, 0.4) is 0 Å². The van der Waals surface area contributed by atoms with Crippen molar-refractivity contribution in [1.29, 1.82) is 0 Å². The van der Waals surface area contributed by atoms with Crippen LogP contribution in [0.2, 0.25) is 10.0 Å². The Kier molecular flexibility index (Phi) is 3.64. The van der Waals surface area contributed by atoms with Crippen LogP contribution in [0, 0.1) is 0 Å². The van der Waals surface area contributed by atoms with Gasteiger partial charge in [0, 0.05) is 27.4 Å². The lowest BCUT2D eigenvalue weighted by Crippen LogP contribution is -2.30. The van der Waals surface area contributed by atoms with Crippen molar-refractivity contribution in [3.8, 4) is 0 Å². The third-order valence-electron chi connectivity index (χ3n) is 2.35. The molecular formula is C10H9Cl2NO2S. The zero-order chi connectivity index (χ0) is 11.7. The van der Waals surface area contributed by atoms with Gasteiger partial charge in [0.25, 0.3) is 0 Å². The zero-order valence-electron chi connectivity index (χ0n) is 8.11. The summed E-state index contributed by atoms with van der Waals surface area (Å²) in [5.74, 6) is -0.212. The van der Waals surface area contributed by atoms with Crippen LogP contribution < -0.4 is 5.32 Å². The van der Waals surface area contributed by atoms with Crippen molar-refractivity contribution in [2.24, 2.45) is 0 Å². The van der Waals surface area contributed by atoms with Gasteiger partial charge in [-0.2, -0.15) is 0 Å². The molecule has 2 N–H and O–H groups in total. The van der Waals surface area contributed by atoms with E-state index in [0.29, 0.717) is 15.8 Å². The van der Waals surface area contributed by atoms with E-state index in [1.807, 2.05) is 0 Å². The Bertz CT molecular complexity index is 407. The molecule has 0 spiro atoms. The van der Waals surface area contributed by atoms with Crippen molar-refractivity contribution < 1.29 is 9.90 Å². The molecule has 6 heteroatoms. The number of hydrogen-bond donors (Lipinski definition) is 2. The van der Waals surface area contributed by atoms with Crippen LogP contribution >= 0.6 is 35.0 Å². The van der Waals surface area contributed by atoms with Crippen LogP contribution in [0.5, 0.6) is 0 Å². The number of benzene rings is 1. The Morgan fingerprint density at radius 1 is 1.44 bits per heavy atom. The van der Waals surface area contributed by atoms with Gasteiger partial charge in [-0.3, -0.25) is 5.32 Å². The highest BCUT2D eigenvalue weighted by atomic mass is 35.5. The highest BCUT2D eigenvalue weighted by Crippen LogP contribution is 2.36. The first-order valence-electron chi connectivity index (χ1n) is 4.64. The maximum Gasteiger partial charge on any atom is 0.331 e. The number of aliphatic carboxylic acids is 1. The van der Waals surface area contributed by atoms with E-state index in [2.05, 4.69) is 5.32 Å². The van der Waals surface area contributed by atoms with E-state index >= 15 is 0 Å². The second-order valence-electron chi connectivity index (χ2n) is 3.41. The van der Waals surface area contributed by atoms with Gasteiger partial charge in [-0.1, -0.05) is 29.3 Å². The molecule has 1 aliphatic heterocycles. The Labute approximate surface area is 107 Å². The number of carboxylic acids is 1. The molecule has 16 heavy (non-hydrogen) atoms. The molecule has 86 valence electrons. The molecule has 1 aromatic carbocycles. The fraction of sp³-hybridized carbons (Fsp3) is 0.300. The molecule has 0 saturated carbocycles. The molecule has 0 bridgehead atoms. The number of hydrogen-bond acceptors (Lipinski definition) is 3. The normalized spacial score (nSPS) is 24.6. The predicted octanol–water partition coefficient (Wildman–Crippen LogP) is 2.78. The van der Waals surface area contributed by atoms with Crippen LogP contribution in [0.4, 0.5) is 0 Å². The molecule has 0 radical (unpaired) electrons. The Balaban J connectivity index is 2.24. The van der Waals surface area contributed by atoms with E-state index in [4.69, 9.17) is 28.3 Å². The molecule has 0 aromatic heterocycles. The van der Waals surface area contributed by atoms with Crippen molar-refractivity contribution in [2.75, 3.05) is 5.75 Å². The van der Waals surface area contributed by atoms with Gasteiger partial charge in [0.2, 0.25) is 0 Å². The first-order valence-corrected chi connectivity index (χ1v) is 6.44. The fourth-order valence-electron chi connectivity index (χ4n) is 1.62. The van der Waals surface area contributed by atoms with Gasteiger partial charge in [-0.25, -0.2) is 4.79 Å². The molecule has 0 aliphatic carbocycles. The van der Waals surface area contributed by atoms with Gasteiger partial charge in [0.05, 0.1) is 0 Å². The summed E-state index contributed by atoms with van der Waals surface area (Å²) in [6.07, 6.45) is 0. The minimum Gasteiger partial charge on any atom is -0.479 e. The molecule has 2 rings (SSSR count). The topological polar surface area (TPSA) is 49.3 Å². The molecule has 1 fully saturated rings. The van der Waals surface area contributed by atoms with E-state index in [9.17, 15) is 4.79 Å². The quantitative estimate of drug-likeness (QED) is 0.873. The van der Waals surface area contributed by atoms with Gasteiger partial charge < -0.3 is 5.11 Å². The smallest absolute Gasteiger partial charge is 0.331 e. The molecule has 1 aliphatic rings. The summed E-state index contributed by atoms with van der Waals surface area (Å²) in [7, 11) is 0. The highest BCUT2D eigenvalue weighted by molar-refractivity contribution is 8.00. The molecule has 1 saturated heterocycles. The predicted molar refractivity (Wildman–Crippen MR) is 66.2 cm³/mol. The van der Waals surface area contributed by atoms with E-state index < -0.39 is 11.3 Å². The summed E-state index contributed by atoms with van der Waals surface area (Å²) >= 11 is 13.5. The second kappa shape index (κ2) is 4.84. The second-order valence-corrected chi connectivity index (χ2v) is 5.36. The highest BCUT2D eigenvalue weighted by Gasteiger charge is 2.32. The maximum absolute atomic E-state index is 10.8. The largest absolute Gasteiger partial charge is 0.479 e. The van der Waals surface area contributed by atoms with Crippen molar-refractivity contribution >= 4 is 40.9 Å². The minimum atomic E-state index is -0.865. The lowest BCUT2D eigenvalue weighted by molar-refractivity contribution is -0.137. The molecule has 0 unspecified atom stereocenters. The van der Waals surface area contributed by atoms with Gasteiger partial charge >= 0.3 is 5.97 Å². The van der Waals surface area contributed by atoms with E-state index in [0.717, 1.165) is 5.56 Å². The van der Waals surface area contributed by atoms with Crippen LogP contribution in [-0.4, -0.2) is 22.2 Å². The Hall–Kier alpha value is -0.420. The standard InChI is InChI=1S/C10H9Cl2NO2S/c11-5-2-1-3-6(12)8(5)7-4-16-9(13-7)10(14)15/h1-3,7,9,13H,4H2,(H,14,15)/t7-,9+/m1/s1. The maximum atomic E-state index is 10.8. The van der Waals surface area contributed by atoms with Crippen LogP contribution in [0.1, 0.15) is 11.6 Å². The molecule has 1 heterocycles. The van der Waals surface area contributed by atoms with Crippen LogP contribution in [0.25, 0.3) is 0 Å². The van der Waals surface area contributed by atoms with Gasteiger partial charge in [-0.05, 0) is 12.1 Å². The number of carboxylic acid groups (broad SMARTS) is 1. The zero-order valence-corrected chi connectivity index (χ0v) is 10.4. The monoisotopic (exact) mass is 277 g/mol. The summed E-state index contributed by atoms with van der Waals surface area (Å²) < 4.78 is 0. The first kappa shape index (κ1) is 12.0. The first-order chi connectivity index (χ1) is 7.59. The third kappa shape index (κ3) is 2.30. The minimum absolute atomic E-state index is 0.104. The Morgan fingerprint density at radius 2 is 2.06 bits per heavy atom. The lowest BCUT2D eigenvalue weighted by Gasteiger charge is -2.14. The van der Waals surface area contributed by atoms with Crippen molar-refractivity contribution in [3.63, 3.8) is 0 Å². The van der Waals surface area contributed by atoms with Gasteiger partial charge in [0.1, 0.15) is 0 Å². The number of carbonyl (C=O) groups is 1. The summed E-state index contributed by atoms with van der Waals surface area (Å²) in [6, 6.07) is 5.17. The molecular weight excluding hydrogens is 269 g/mol. The number of rotatable bonds is 2. The van der Waals surface area contributed by atoms with Crippen molar-refractivity contribution in [3.05, 3.63) is 33.8 Å². The number of halogens is 2. The van der Waals surface area contributed by atoms with E-state index in [1.54, 1.807) is 18.2 Å². The van der Waals surface area contributed by atoms with Crippen LogP contribution in [0.15, 0.2) is 18.2 Å². The SMILES string of the molecule is O=C(O)[C@H]1N[C@@H](c2c(Cl)cccc2Cl)CS1. The molecule has 0 amide bonds. The third-order valence-corrected chi connectivity index (χ3v) is 4.21. The van der Waals surface area contributed by atoms with E-state index in [1.165, 1.54) is 11.8 Å². The van der Waals surface area contributed by atoms with Crippen molar-refractivity contribution in [2.45, 2.75) is 11.4 Å². The average Bonchev–Trinajstić information content (AvgIpc) is 2.66. The van der Waals surface area contributed by atoms with Gasteiger partial charge in [-0.15, -0.1) is 11.8 Å². The Morgan fingerprint density at radius 3 is 2.56 bits per heavy atom. The number of thioether (sulfide) groups is 1. The molecule has 3 nitrogen and oxygen atoms in total. The summed E-state index contributed by atoms with van der Waals surface area (Å²) in [6.45, 7) is 0. The van der Waals surface area contributed by atoms with Crippen molar-refractivity contribution in [1.82, 2.24) is 5.32 Å². The summed E-state index contributed by atoms with van der Waals surface area (Å²) in [4.78, 5) is 10.8. The summed E-state index contributed by atoms with van der Waals surface area (Å²) in [5.41, 5.74) is 0.780. The molecule has 2 atom stereocenters. The van der Waals surface area contributed by atoms with Gasteiger partial charge in [0.15, 0.2) is 5.37 Å². The summed E-state index contributed by atoms with van der Waals surface area (Å²) in [5, 5.41) is 12.4. The van der Waals surface area contributed by atoms with E-state index in [-0.39, 0.29) is 6.04 Å². The number of nitrogens with one attached hydrogen (secondary N) is 1. The average molecular weight is 278 g/mol. The fourth-order valence-corrected chi connectivity index (χ4v) is 3.34. The molecule has 1 aromatic rings.